The lowest BCUT2D eigenvalue weighted by molar-refractivity contribution is -0.0138. The van der Waals surface area contributed by atoms with Crippen molar-refractivity contribution in [2.45, 2.75) is 52.8 Å². The van der Waals surface area contributed by atoms with Crippen LogP contribution in [0.4, 0.5) is 0 Å². The SMILES string of the molecule is C.CCO[C@H]1CCN(Cc2c(OC)cc(C)c3[nH]ccc23)[C@H](c2ccc(C(=O)O)cc2)C1. The summed E-state index contributed by atoms with van der Waals surface area (Å²) in [6.07, 6.45) is 4.04. The molecule has 0 aliphatic carbocycles. The molecule has 172 valence electrons. The second-order valence-corrected chi connectivity index (χ2v) is 8.16. The first-order valence-corrected chi connectivity index (χ1v) is 10.8. The predicted molar refractivity (Wildman–Crippen MR) is 128 cm³/mol. The molecule has 0 bridgehead atoms. The van der Waals surface area contributed by atoms with Gasteiger partial charge in [0.2, 0.25) is 0 Å². The van der Waals surface area contributed by atoms with E-state index in [2.05, 4.69) is 28.9 Å². The summed E-state index contributed by atoms with van der Waals surface area (Å²) in [6.45, 7) is 6.47. The summed E-state index contributed by atoms with van der Waals surface area (Å²) < 4.78 is 11.7. The van der Waals surface area contributed by atoms with Crippen molar-refractivity contribution in [2.24, 2.45) is 0 Å². The van der Waals surface area contributed by atoms with Crippen LogP contribution in [0.15, 0.2) is 42.6 Å². The number of aryl methyl sites for hydroxylation is 1. The Morgan fingerprint density at radius 2 is 2.00 bits per heavy atom. The Morgan fingerprint density at radius 1 is 1.25 bits per heavy atom. The summed E-state index contributed by atoms with van der Waals surface area (Å²) in [6, 6.07) is 11.6. The lowest BCUT2D eigenvalue weighted by Crippen LogP contribution is -2.39. The fraction of sp³-hybridized carbons (Fsp3) is 0.423. The van der Waals surface area contributed by atoms with Gasteiger partial charge in [-0.1, -0.05) is 19.6 Å². The predicted octanol–water partition coefficient (Wildman–Crippen LogP) is 5.56. The first-order valence-electron chi connectivity index (χ1n) is 10.8. The van der Waals surface area contributed by atoms with Crippen molar-refractivity contribution in [3.8, 4) is 5.75 Å². The van der Waals surface area contributed by atoms with Crippen molar-refractivity contribution in [3.05, 3.63) is 64.8 Å². The van der Waals surface area contributed by atoms with Gasteiger partial charge in [-0.25, -0.2) is 4.79 Å². The third-order valence-electron chi connectivity index (χ3n) is 6.30. The number of hydrogen-bond donors (Lipinski definition) is 2. The molecule has 0 spiro atoms. The minimum atomic E-state index is -0.904. The molecule has 1 aliphatic rings. The second-order valence-electron chi connectivity index (χ2n) is 8.16. The number of aromatic amines is 1. The summed E-state index contributed by atoms with van der Waals surface area (Å²) in [5.41, 5.74) is 4.90. The van der Waals surface area contributed by atoms with Gasteiger partial charge in [0.05, 0.1) is 18.8 Å². The number of H-pyrrole nitrogens is 1. The Morgan fingerprint density at radius 3 is 2.66 bits per heavy atom. The van der Waals surface area contributed by atoms with Crippen molar-refractivity contribution in [1.82, 2.24) is 9.88 Å². The van der Waals surface area contributed by atoms with E-state index in [1.54, 1.807) is 19.2 Å². The van der Waals surface area contributed by atoms with Gasteiger partial charge in [-0.2, -0.15) is 0 Å². The molecule has 2 aromatic carbocycles. The zero-order valence-corrected chi connectivity index (χ0v) is 18.4. The van der Waals surface area contributed by atoms with E-state index in [4.69, 9.17) is 9.47 Å². The Labute approximate surface area is 190 Å². The van der Waals surface area contributed by atoms with E-state index >= 15 is 0 Å². The molecular formula is C26H34N2O4. The van der Waals surface area contributed by atoms with Gasteiger partial charge in [0.25, 0.3) is 0 Å². The third kappa shape index (κ3) is 4.66. The molecule has 1 aromatic heterocycles. The first kappa shape index (κ1) is 23.8. The molecule has 1 aliphatic heterocycles. The highest BCUT2D eigenvalue weighted by molar-refractivity contribution is 5.88. The van der Waals surface area contributed by atoms with Gasteiger partial charge in [0, 0.05) is 48.4 Å². The number of ether oxygens (including phenoxy) is 2. The third-order valence-corrected chi connectivity index (χ3v) is 6.30. The fourth-order valence-electron chi connectivity index (χ4n) is 4.74. The number of piperidine rings is 1. The number of benzene rings is 2. The average Bonchev–Trinajstić information content (AvgIpc) is 3.27. The molecule has 1 fully saturated rings. The Balaban J connectivity index is 0.00000289. The van der Waals surface area contributed by atoms with Crippen molar-refractivity contribution in [2.75, 3.05) is 20.3 Å². The number of likely N-dealkylation sites (tertiary alicyclic amines) is 1. The molecule has 2 atom stereocenters. The maximum absolute atomic E-state index is 11.3. The molecule has 2 heterocycles. The van der Waals surface area contributed by atoms with Crippen LogP contribution in [0.2, 0.25) is 0 Å². The van der Waals surface area contributed by atoms with E-state index < -0.39 is 5.97 Å². The van der Waals surface area contributed by atoms with E-state index in [0.29, 0.717) is 12.2 Å². The summed E-state index contributed by atoms with van der Waals surface area (Å²) in [4.78, 5) is 17.1. The lowest BCUT2D eigenvalue weighted by Gasteiger charge is -2.40. The molecule has 3 aromatic rings. The van der Waals surface area contributed by atoms with E-state index in [1.165, 1.54) is 10.9 Å². The molecule has 0 saturated carbocycles. The summed E-state index contributed by atoms with van der Waals surface area (Å²) in [7, 11) is 1.72. The maximum atomic E-state index is 11.3. The standard InChI is InChI=1S/C25H30N2O4.CH4/c1-4-31-19-10-12-27(22(14-19)17-5-7-18(8-6-17)25(28)29)15-21-20-9-11-26-24(20)16(2)13-23(21)30-3;/h5-9,11,13,19,22,26H,4,10,12,14-15H2,1-3H3,(H,28,29);1H4/t19-,22-;/m0./s1. The topological polar surface area (TPSA) is 74.8 Å². The van der Waals surface area contributed by atoms with E-state index in [-0.39, 0.29) is 19.6 Å². The highest BCUT2D eigenvalue weighted by Gasteiger charge is 2.31. The molecular weight excluding hydrogens is 404 g/mol. The van der Waals surface area contributed by atoms with Crippen molar-refractivity contribution < 1.29 is 19.4 Å². The van der Waals surface area contributed by atoms with Crippen LogP contribution in [0.5, 0.6) is 5.75 Å². The average molecular weight is 439 g/mol. The van der Waals surface area contributed by atoms with Crippen molar-refractivity contribution in [3.63, 3.8) is 0 Å². The van der Waals surface area contributed by atoms with Crippen LogP contribution in [0, 0.1) is 6.92 Å². The number of fused-ring (bicyclic) bond motifs is 1. The van der Waals surface area contributed by atoms with E-state index in [1.807, 2.05) is 25.3 Å². The number of methoxy groups -OCH3 is 1. The zero-order chi connectivity index (χ0) is 22.0. The molecule has 32 heavy (non-hydrogen) atoms. The highest BCUT2D eigenvalue weighted by atomic mass is 16.5. The Bertz CT molecular complexity index is 1060. The largest absolute Gasteiger partial charge is 0.496 e. The zero-order valence-electron chi connectivity index (χ0n) is 18.4. The highest BCUT2D eigenvalue weighted by Crippen LogP contribution is 2.37. The summed E-state index contributed by atoms with van der Waals surface area (Å²) >= 11 is 0. The van der Waals surface area contributed by atoms with Crippen molar-refractivity contribution >= 4 is 16.9 Å². The molecule has 4 rings (SSSR count). The second kappa shape index (κ2) is 10.2. The van der Waals surface area contributed by atoms with Crippen molar-refractivity contribution in [1.29, 1.82) is 0 Å². The summed E-state index contributed by atoms with van der Waals surface area (Å²) in [5, 5.41) is 10.4. The first-order chi connectivity index (χ1) is 15.0. The number of nitrogens with one attached hydrogen (secondary N) is 1. The van der Waals surface area contributed by atoms with E-state index in [0.717, 1.165) is 48.3 Å². The van der Waals surface area contributed by atoms with Crippen LogP contribution in [-0.4, -0.2) is 47.3 Å². The van der Waals surface area contributed by atoms with Crippen LogP contribution in [-0.2, 0) is 11.3 Å². The molecule has 0 unspecified atom stereocenters. The number of nitrogens with zero attached hydrogens (tertiary/aromatic N) is 1. The number of hydrogen-bond acceptors (Lipinski definition) is 4. The van der Waals surface area contributed by atoms with Crippen LogP contribution >= 0.6 is 0 Å². The van der Waals surface area contributed by atoms with Gasteiger partial charge < -0.3 is 19.6 Å². The van der Waals surface area contributed by atoms with Gasteiger partial charge >= 0.3 is 5.97 Å². The van der Waals surface area contributed by atoms with Gasteiger partial charge in [-0.3, -0.25) is 4.90 Å². The number of aromatic carboxylic acids is 1. The van der Waals surface area contributed by atoms with Crippen LogP contribution < -0.4 is 4.74 Å². The van der Waals surface area contributed by atoms with Crippen LogP contribution in [0.3, 0.4) is 0 Å². The van der Waals surface area contributed by atoms with Gasteiger partial charge in [0.15, 0.2) is 0 Å². The molecule has 6 heteroatoms. The Hall–Kier alpha value is -2.83. The minimum absolute atomic E-state index is 0. The molecule has 1 saturated heterocycles. The molecule has 2 N–H and O–H groups in total. The van der Waals surface area contributed by atoms with Gasteiger partial charge in [-0.15, -0.1) is 0 Å². The molecule has 6 nitrogen and oxygen atoms in total. The normalized spacial score (nSPS) is 19.0. The fourth-order valence-corrected chi connectivity index (χ4v) is 4.74. The monoisotopic (exact) mass is 438 g/mol. The number of carboxylic acid groups (broad SMARTS) is 1. The Kier molecular flexibility index (Phi) is 7.59. The molecule has 0 amide bonds. The van der Waals surface area contributed by atoms with Gasteiger partial charge in [-0.05, 0) is 62.1 Å². The smallest absolute Gasteiger partial charge is 0.335 e. The van der Waals surface area contributed by atoms with Crippen LogP contribution in [0.1, 0.15) is 60.3 Å². The van der Waals surface area contributed by atoms with Gasteiger partial charge in [0.1, 0.15) is 5.75 Å². The number of rotatable bonds is 7. The number of carbonyl (C=O) groups is 1. The minimum Gasteiger partial charge on any atom is -0.496 e. The lowest BCUT2D eigenvalue weighted by atomic mass is 9.91. The quantitative estimate of drug-likeness (QED) is 0.505. The number of carboxylic acids is 1. The van der Waals surface area contributed by atoms with Crippen LogP contribution in [0.25, 0.3) is 10.9 Å². The number of aromatic nitrogens is 1. The maximum Gasteiger partial charge on any atom is 0.335 e. The van der Waals surface area contributed by atoms with E-state index in [9.17, 15) is 9.90 Å². The molecule has 0 radical (unpaired) electrons. The summed E-state index contributed by atoms with van der Waals surface area (Å²) in [5.74, 6) is -0.00464.